The van der Waals surface area contributed by atoms with Gasteiger partial charge in [-0.25, -0.2) is 0 Å². The molecule has 0 radical (unpaired) electrons. The molecule has 1 aliphatic heterocycles. The number of nitriles is 3. The van der Waals surface area contributed by atoms with Crippen LogP contribution in [-0.4, -0.2) is 17.9 Å². The van der Waals surface area contributed by atoms with Gasteiger partial charge >= 0.3 is 0 Å². The lowest BCUT2D eigenvalue weighted by Gasteiger charge is -2.09. The molecule has 20 heavy (non-hydrogen) atoms. The number of fused-ring (bicyclic) bond motifs is 1. The molecule has 6 nitrogen and oxygen atoms in total. The van der Waals surface area contributed by atoms with Crippen molar-refractivity contribution in [3.05, 3.63) is 40.6 Å². The summed E-state index contributed by atoms with van der Waals surface area (Å²) in [6.45, 7) is 0.421. The Morgan fingerprint density at radius 3 is 2.55 bits per heavy atom. The van der Waals surface area contributed by atoms with Gasteiger partial charge in [0.2, 0.25) is 0 Å². The summed E-state index contributed by atoms with van der Waals surface area (Å²) >= 11 is 0. The number of amides is 1. The van der Waals surface area contributed by atoms with E-state index in [1.807, 2.05) is 0 Å². The highest BCUT2D eigenvalue weighted by Crippen LogP contribution is 2.29. The zero-order valence-electron chi connectivity index (χ0n) is 10.6. The fourth-order valence-corrected chi connectivity index (χ4v) is 2.01. The third-order valence-corrected chi connectivity index (χ3v) is 2.99. The molecule has 0 atom stereocenters. The molecular formula is C14H9N5O. The van der Waals surface area contributed by atoms with Gasteiger partial charge in [0, 0.05) is 30.4 Å². The minimum Gasteiger partial charge on any atom is -0.345 e. The number of nitrogens with one attached hydrogen (secondary N) is 1. The second kappa shape index (κ2) is 5.14. The van der Waals surface area contributed by atoms with Crippen molar-refractivity contribution in [1.82, 2.24) is 4.90 Å². The molecule has 1 N–H and O–H groups in total. The van der Waals surface area contributed by atoms with Gasteiger partial charge in [-0.15, -0.1) is 0 Å². The molecule has 6 heteroatoms. The molecule has 1 aromatic carbocycles. The number of hydrogen-bond acceptors (Lipinski definition) is 5. The predicted molar refractivity (Wildman–Crippen MR) is 69.7 cm³/mol. The third kappa shape index (κ3) is 2.05. The molecule has 1 aliphatic rings. The zero-order chi connectivity index (χ0) is 14.7. The zero-order valence-corrected chi connectivity index (χ0v) is 10.6. The van der Waals surface area contributed by atoms with Crippen molar-refractivity contribution in [3.63, 3.8) is 0 Å². The molecule has 0 aromatic heterocycles. The highest BCUT2D eigenvalue weighted by Gasteiger charge is 2.26. The Morgan fingerprint density at radius 2 is 1.95 bits per heavy atom. The summed E-state index contributed by atoms with van der Waals surface area (Å²) < 4.78 is 0. The number of hydrogen-bond donors (Lipinski definition) is 1. The van der Waals surface area contributed by atoms with Crippen molar-refractivity contribution >= 4 is 11.6 Å². The fourth-order valence-electron chi connectivity index (χ4n) is 2.01. The molecule has 1 heterocycles. The van der Waals surface area contributed by atoms with Crippen molar-refractivity contribution in [1.29, 1.82) is 15.8 Å². The lowest BCUT2D eigenvalue weighted by Crippen LogP contribution is -2.17. The molecule has 2 rings (SSSR count). The molecule has 1 aromatic rings. The smallest absolute Gasteiger partial charge is 0.254 e. The SMILES string of the molecule is CN1Cc2c(NC(C#N)=C(C#N)C#N)cccc2C1=O. The molecule has 0 unspecified atom stereocenters. The Kier molecular flexibility index (Phi) is 3.37. The summed E-state index contributed by atoms with van der Waals surface area (Å²) in [5.41, 5.74) is 1.46. The first-order valence-electron chi connectivity index (χ1n) is 5.71. The van der Waals surface area contributed by atoms with Gasteiger partial charge in [0.05, 0.1) is 0 Å². The van der Waals surface area contributed by atoms with Gasteiger partial charge in [-0.3, -0.25) is 4.79 Å². The Bertz CT molecular complexity index is 726. The molecule has 0 bridgehead atoms. The van der Waals surface area contributed by atoms with Crippen molar-refractivity contribution in [3.8, 4) is 18.2 Å². The largest absolute Gasteiger partial charge is 0.345 e. The van der Waals surface area contributed by atoms with Crippen molar-refractivity contribution < 1.29 is 4.79 Å². The van der Waals surface area contributed by atoms with E-state index in [9.17, 15) is 4.79 Å². The molecule has 0 spiro atoms. The number of anilines is 1. The topological polar surface area (TPSA) is 104 Å². The first-order chi connectivity index (χ1) is 9.62. The highest BCUT2D eigenvalue weighted by atomic mass is 16.2. The van der Waals surface area contributed by atoms with Crippen LogP contribution in [0, 0.1) is 34.0 Å². The minimum absolute atomic E-state index is 0.0908. The van der Waals surface area contributed by atoms with Crippen LogP contribution in [0.3, 0.4) is 0 Å². The molecule has 1 amide bonds. The number of carbonyl (C=O) groups excluding carboxylic acids is 1. The van der Waals surface area contributed by atoms with Crippen LogP contribution in [0.1, 0.15) is 15.9 Å². The van der Waals surface area contributed by atoms with Crippen LogP contribution in [0.15, 0.2) is 29.5 Å². The Balaban J connectivity index is 2.47. The maximum absolute atomic E-state index is 11.9. The van der Waals surface area contributed by atoms with Crippen molar-refractivity contribution in [2.45, 2.75) is 6.54 Å². The van der Waals surface area contributed by atoms with Crippen LogP contribution >= 0.6 is 0 Å². The number of rotatable bonds is 2. The van der Waals surface area contributed by atoms with Gasteiger partial charge in [0.1, 0.15) is 23.9 Å². The normalized spacial score (nSPS) is 11.9. The Morgan fingerprint density at radius 1 is 1.25 bits per heavy atom. The Labute approximate surface area is 115 Å². The van der Waals surface area contributed by atoms with Crippen LogP contribution in [0.2, 0.25) is 0 Å². The summed E-state index contributed by atoms with van der Waals surface area (Å²) in [5, 5.41) is 29.4. The van der Waals surface area contributed by atoms with Crippen LogP contribution in [-0.2, 0) is 6.54 Å². The summed E-state index contributed by atoms with van der Waals surface area (Å²) in [7, 11) is 1.68. The second-order valence-electron chi connectivity index (χ2n) is 4.20. The van der Waals surface area contributed by atoms with Gasteiger partial charge < -0.3 is 10.2 Å². The maximum Gasteiger partial charge on any atom is 0.254 e. The van der Waals surface area contributed by atoms with Gasteiger partial charge in [0.25, 0.3) is 5.91 Å². The first-order valence-corrected chi connectivity index (χ1v) is 5.71. The summed E-state index contributed by atoms with van der Waals surface area (Å²) in [5.74, 6) is -0.0908. The van der Waals surface area contributed by atoms with E-state index >= 15 is 0 Å². The van der Waals surface area contributed by atoms with Crippen molar-refractivity contribution in [2.75, 3.05) is 12.4 Å². The van der Waals surface area contributed by atoms with E-state index in [-0.39, 0.29) is 17.2 Å². The van der Waals surface area contributed by atoms with E-state index in [0.717, 1.165) is 5.56 Å². The van der Waals surface area contributed by atoms with Gasteiger partial charge in [-0.2, -0.15) is 15.8 Å². The van der Waals surface area contributed by atoms with E-state index in [4.69, 9.17) is 15.8 Å². The molecule has 96 valence electrons. The van der Waals surface area contributed by atoms with E-state index in [1.165, 1.54) is 0 Å². The highest BCUT2D eigenvalue weighted by molar-refractivity contribution is 6.00. The van der Waals surface area contributed by atoms with Gasteiger partial charge in [0.15, 0.2) is 5.57 Å². The maximum atomic E-state index is 11.9. The number of benzene rings is 1. The third-order valence-electron chi connectivity index (χ3n) is 2.99. The molecular weight excluding hydrogens is 254 g/mol. The molecule has 0 saturated carbocycles. The fraction of sp³-hybridized carbons (Fsp3) is 0.143. The lowest BCUT2D eigenvalue weighted by atomic mass is 10.1. The van der Waals surface area contributed by atoms with Crippen molar-refractivity contribution in [2.24, 2.45) is 0 Å². The van der Waals surface area contributed by atoms with E-state index in [0.29, 0.717) is 17.8 Å². The average Bonchev–Trinajstić information content (AvgIpc) is 2.75. The predicted octanol–water partition coefficient (Wildman–Crippen LogP) is 1.51. The van der Waals surface area contributed by atoms with Crippen LogP contribution in [0.25, 0.3) is 0 Å². The quantitative estimate of drug-likeness (QED) is 0.814. The van der Waals surface area contributed by atoms with E-state index < -0.39 is 0 Å². The standard InChI is InChI=1S/C14H9N5O/c1-19-8-11-10(14(19)20)3-2-4-12(11)18-13(7-17)9(5-15)6-16/h2-4,18H,8H2,1H3. The molecule has 0 saturated heterocycles. The first kappa shape index (κ1) is 13.1. The molecule has 0 aliphatic carbocycles. The number of nitrogens with zero attached hydrogens (tertiary/aromatic N) is 4. The summed E-state index contributed by atoms with van der Waals surface area (Å²) in [6.07, 6.45) is 0. The van der Waals surface area contributed by atoms with Gasteiger partial charge in [-0.1, -0.05) is 6.07 Å². The Hall–Kier alpha value is -3.30. The monoisotopic (exact) mass is 263 g/mol. The molecule has 0 fully saturated rings. The number of carbonyl (C=O) groups is 1. The lowest BCUT2D eigenvalue weighted by molar-refractivity contribution is 0.0816. The minimum atomic E-state index is -0.289. The summed E-state index contributed by atoms with van der Waals surface area (Å²) in [4.78, 5) is 13.4. The van der Waals surface area contributed by atoms with Gasteiger partial charge in [-0.05, 0) is 12.1 Å². The van der Waals surface area contributed by atoms with Crippen LogP contribution in [0.5, 0.6) is 0 Å². The summed E-state index contributed by atoms with van der Waals surface area (Å²) in [6, 6.07) is 10.2. The van der Waals surface area contributed by atoms with Crippen LogP contribution in [0.4, 0.5) is 5.69 Å². The van der Waals surface area contributed by atoms with E-state index in [1.54, 1.807) is 48.4 Å². The second-order valence-corrected chi connectivity index (χ2v) is 4.20. The average molecular weight is 263 g/mol. The van der Waals surface area contributed by atoms with Crippen LogP contribution < -0.4 is 5.32 Å². The number of allylic oxidation sites excluding steroid dienone is 2. The van der Waals surface area contributed by atoms with E-state index in [2.05, 4.69) is 5.32 Å².